The topological polar surface area (TPSA) is 48.1 Å². The molecule has 2 N–H and O–H groups in total. The minimum Gasteiger partial charge on any atom is -0.491 e. The summed E-state index contributed by atoms with van der Waals surface area (Å²) in [6.07, 6.45) is 4.34. The Morgan fingerprint density at radius 1 is 1.31 bits per heavy atom. The maximum absolute atomic E-state index is 6.06. The average Bonchev–Trinajstić information content (AvgIpc) is 3.13. The highest BCUT2D eigenvalue weighted by molar-refractivity contribution is 5.93. The molecule has 1 aromatic heterocycles. The normalized spacial score (nSPS) is 15.2. The van der Waals surface area contributed by atoms with Crippen LogP contribution in [0.25, 0.3) is 10.9 Å². The van der Waals surface area contributed by atoms with Crippen molar-refractivity contribution in [2.75, 3.05) is 12.3 Å². The van der Waals surface area contributed by atoms with Gasteiger partial charge in [0.15, 0.2) is 0 Å². The van der Waals surface area contributed by atoms with Gasteiger partial charge in [-0.3, -0.25) is 4.98 Å². The third-order valence-corrected chi connectivity index (χ3v) is 2.96. The Morgan fingerprint density at radius 2 is 2.19 bits per heavy atom. The molecule has 82 valence electrons. The highest BCUT2D eigenvalue weighted by Crippen LogP contribution is 2.33. The first-order valence-electron chi connectivity index (χ1n) is 5.60. The van der Waals surface area contributed by atoms with E-state index in [1.807, 2.05) is 24.3 Å². The summed E-state index contributed by atoms with van der Waals surface area (Å²) >= 11 is 0. The molecule has 3 heteroatoms. The lowest BCUT2D eigenvalue weighted by Gasteiger charge is -2.10. The third-order valence-electron chi connectivity index (χ3n) is 2.96. The number of ether oxygens (including phenoxy) is 1. The van der Waals surface area contributed by atoms with Gasteiger partial charge < -0.3 is 10.5 Å². The molecule has 0 aliphatic heterocycles. The molecule has 1 fully saturated rings. The van der Waals surface area contributed by atoms with E-state index in [-0.39, 0.29) is 0 Å². The number of rotatable bonds is 3. The fourth-order valence-electron chi connectivity index (χ4n) is 1.77. The van der Waals surface area contributed by atoms with E-state index in [1.165, 1.54) is 12.8 Å². The first-order valence-corrected chi connectivity index (χ1v) is 5.60. The Labute approximate surface area is 94.2 Å². The molecule has 0 bridgehead atoms. The number of nitrogens with zero attached hydrogens (tertiary/aromatic N) is 1. The Morgan fingerprint density at radius 3 is 3.00 bits per heavy atom. The highest BCUT2D eigenvalue weighted by Gasteiger charge is 2.22. The maximum atomic E-state index is 6.06. The molecule has 0 atom stereocenters. The van der Waals surface area contributed by atoms with E-state index in [0.29, 0.717) is 5.69 Å². The monoisotopic (exact) mass is 214 g/mol. The van der Waals surface area contributed by atoms with Gasteiger partial charge in [0.25, 0.3) is 0 Å². The average molecular weight is 214 g/mol. The van der Waals surface area contributed by atoms with Gasteiger partial charge in [0.1, 0.15) is 5.75 Å². The molecule has 16 heavy (non-hydrogen) atoms. The number of nitrogen functional groups attached to an aromatic ring is 1. The van der Waals surface area contributed by atoms with Crippen LogP contribution in [0.1, 0.15) is 12.8 Å². The largest absolute Gasteiger partial charge is 0.491 e. The first-order chi connectivity index (χ1) is 7.84. The number of pyridine rings is 1. The molecule has 1 aliphatic carbocycles. The lowest BCUT2D eigenvalue weighted by Crippen LogP contribution is -2.02. The molecule has 3 rings (SSSR count). The molecule has 0 radical (unpaired) electrons. The van der Waals surface area contributed by atoms with E-state index >= 15 is 0 Å². The molecule has 0 amide bonds. The third kappa shape index (κ3) is 1.69. The fourth-order valence-corrected chi connectivity index (χ4v) is 1.77. The Kier molecular flexibility index (Phi) is 2.17. The van der Waals surface area contributed by atoms with Crippen LogP contribution in [0.5, 0.6) is 5.75 Å². The van der Waals surface area contributed by atoms with Gasteiger partial charge in [-0.05, 0) is 43.0 Å². The zero-order valence-electron chi connectivity index (χ0n) is 9.02. The molecule has 0 spiro atoms. The summed E-state index contributed by atoms with van der Waals surface area (Å²) < 4.78 is 5.72. The molecule has 0 unspecified atom stereocenters. The number of hydrogen-bond acceptors (Lipinski definition) is 3. The van der Waals surface area contributed by atoms with Crippen molar-refractivity contribution in [1.29, 1.82) is 0 Å². The molecule has 0 saturated heterocycles. The van der Waals surface area contributed by atoms with Gasteiger partial charge in [-0.25, -0.2) is 0 Å². The molecule has 1 aromatic carbocycles. The molecular weight excluding hydrogens is 200 g/mol. The number of hydrogen-bond donors (Lipinski definition) is 1. The summed E-state index contributed by atoms with van der Waals surface area (Å²) in [5, 5.41) is 0.968. The van der Waals surface area contributed by atoms with Crippen molar-refractivity contribution in [2.24, 2.45) is 5.92 Å². The van der Waals surface area contributed by atoms with Crippen molar-refractivity contribution in [3.8, 4) is 5.75 Å². The molecule has 3 nitrogen and oxygen atoms in total. The van der Waals surface area contributed by atoms with Crippen LogP contribution in [0, 0.1) is 5.92 Å². The van der Waals surface area contributed by atoms with Crippen LogP contribution >= 0.6 is 0 Å². The van der Waals surface area contributed by atoms with Crippen LogP contribution in [-0.2, 0) is 0 Å². The van der Waals surface area contributed by atoms with Crippen LogP contribution in [0.3, 0.4) is 0 Å². The minimum absolute atomic E-state index is 0.700. The van der Waals surface area contributed by atoms with Crippen LogP contribution in [0.15, 0.2) is 30.5 Å². The summed E-state index contributed by atoms with van der Waals surface area (Å²) in [6, 6.07) is 7.73. The SMILES string of the molecule is Nc1c(OCC2CC2)ccc2ncccc12. The second-order valence-corrected chi connectivity index (χ2v) is 4.30. The van der Waals surface area contributed by atoms with Crippen molar-refractivity contribution in [3.63, 3.8) is 0 Å². The van der Waals surface area contributed by atoms with Crippen LogP contribution in [0.2, 0.25) is 0 Å². The predicted molar refractivity (Wildman–Crippen MR) is 64.4 cm³/mol. The number of anilines is 1. The van der Waals surface area contributed by atoms with E-state index in [9.17, 15) is 0 Å². The van der Waals surface area contributed by atoms with Crippen molar-refractivity contribution in [2.45, 2.75) is 12.8 Å². The summed E-state index contributed by atoms with van der Waals surface area (Å²) in [4.78, 5) is 4.26. The maximum Gasteiger partial charge on any atom is 0.142 e. The summed E-state index contributed by atoms with van der Waals surface area (Å²) in [5.41, 5.74) is 7.68. The van der Waals surface area contributed by atoms with E-state index in [4.69, 9.17) is 10.5 Å². The van der Waals surface area contributed by atoms with Gasteiger partial charge in [-0.15, -0.1) is 0 Å². The van der Waals surface area contributed by atoms with Gasteiger partial charge >= 0.3 is 0 Å². The number of aromatic nitrogens is 1. The number of benzene rings is 1. The zero-order valence-corrected chi connectivity index (χ0v) is 9.02. The Hall–Kier alpha value is -1.77. The zero-order chi connectivity index (χ0) is 11.0. The van der Waals surface area contributed by atoms with E-state index in [1.54, 1.807) is 6.20 Å². The number of nitrogens with two attached hydrogens (primary N) is 1. The predicted octanol–water partition coefficient (Wildman–Crippen LogP) is 2.61. The highest BCUT2D eigenvalue weighted by atomic mass is 16.5. The minimum atomic E-state index is 0.700. The van der Waals surface area contributed by atoms with Crippen molar-refractivity contribution < 1.29 is 4.74 Å². The first kappa shape index (κ1) is 9.46. The van der Waals surface area contributed by atoms with Crippen molar-refractivity contribution >= 4 is 16.6 Å². The summed E-state index contributed by atoms with van der Waals surface area (Å²) in [5.74, 6) is 1.52. The number of fused-ring (bicyclic) bond motifs is 1. The van der Waals surface area contributed by atoms with E-state index in [0.717, 1.165) is 29.2 Å². The second-order valence-electron chi connectivity index (χ2n) is 4.30. The Balaban J connectivity index is 1.94. The molecular formula is C13H14N2O. The van der Waals surface area contributed by atoms with Gasteiger partial charge in [0.05, 0.1) is 17.8 Å². The van der Waals surface area contributed by atoms with Crippen molar-refractivity contribution in [1.82, 2.24) is 4.98 Å². The van der Waals surface area contributed by atoms with Crippen LogP contribution in [-0.4, -0.2) is 11.6 Å². The Bertz CT molecular complexity index is 520. The van der Waals surface area contributed by atoms with Crippen LogP contribution < -0.4 is 10.5 Å². The summed E-state index contributed by atoms with van der Waals surface area (Å²) in [6.45, 7) is 0.788. The van der Waals surface area contributed by atoms with Gasteiger partial charge in [-0.2, -0.15) is 0 Å². The standard InChI is InChI=1S/C13H14N2O/c14-13-10-2-1-7-15-11(10)5-6-12(13)16-8-9-3-4-9/h1-2,5-7,9H,3-4,8,14H2. The van der Waals surface area contributed by atoms with Crippen LogP contribution in [0.4, 0.5) is 5.69 Å². The fraction of sp³-hybridized carbons (Fsp3) is 0.308. The smallest absolute Gasteiger partial charge is 0.142 e. The lowest BCUT2D eigenvalue weighted by molar-refractivity contribution is 0.301. The molecule has 1 saturated carbocycles. The summed E-state index contributed by atoms with van der Waals surface area (Å²) in [7, 11) is 0. The quantitative estimate of drug-likeness (QED) is 0.799. The van der Waals surface area contributed by atoms with E-state index in [2.05, 4.69) is 4.98 Å². The second kappa shape index (κ2) is 3.67. The lowest BCUT2D eigenvalue weighted by atomic mass is 10.1. The van der Waals surface area contributed by atoms with E-state index < -0.39 is 0 Å². The molecule has 1 heterocycles. The van der Waals surface area contributed by atoms with Gasteiger partial charge in [0.2, 0.25) is 0 Å². The molecule has 1 aliphatic rings. The van der Waals surface area contributed by atoms with Gasteiger partial charge in [-0.1, -0.05) is 0 Å². The molecule has 2 aromatic rings. The van der Waals surface area contributed by atoms with Crippen molar-refractivity contribution in [3.05, 3.63) is 30.5 Å². The van der Waals surface area contributed by atoms with Gasteiger partial charge in [0, 0.05) is 11.6 Å².